The number of aromatic nitrogens is 2. The van der Waals surface area contributed by atoms with Gasteiger partial charge in [-0.25, -0.2) is 4.98 Å². The summed E-state index contributed by atoms with van der Waals surface area (Å²) >= 11 is 6.02. The minimum atomic E-state index is -0.422. The summed E-state index contributed by atoms with van der Waals surface area (Å²) in [6.07, 6.45) is 1.29. The molecule has 0 bridgehead atoms. The number of benzene rings is 2. The van der Waals surface area contributed by atoms with Gasteiger partial charge in [-0.05, 0) is 30.3 Å². The average molecular weight is 374 g/mol. The molecule has 26 heavy (non-hydrogen) atoms. The highest BCUT2D eigenvalue weighted by Crippen LogP contribution is 2.25. The normalized spacial score (nSPS) is 10.7. The summed E-state index contributed by atoms with van der Waals surface area (Å²) in [5.41, 5.74) is 0.808. The molecule has 0 aliphatic carbocycles. The van der Waals surface area contributed by atoms with Gasteiger partial charge in [0.1, 0.15) is 17.9 Å². The quantitative estimate of drug-likeness (QED) is 0.648. The summed E-state index contributed by atoms with van der Waals surface area (Å²) in [5, 5.41) is 3.55. The molecule has 0 atom stereocenters. The Morgan fingerprint density at radius 1 is 1.27 bits per heavy atom. The van der Waals surface area contributed by atoms with Gasteiger partial charge < -0.3 is 19.8 Å². The second kappa shape index (κ2) is 7.99. The summed E-state index contributed by atoms with van der Waals surface area (Å²) < 4.78 is 10.5. The first-order valence-corrected chi connectivity index (χ1v) is 8.17. The zero-order chi connectivity index (χ0) is 18.5. The van der Waals surface area contributed by atoms with Crippen molar-refractivity contribution in [3.63, 3.8) is 0 Å². The van der Waals surface area contributed by atoms with E-state index in [9.17, 15) is 9.59 Å². The molecule has 3 aromatic rings. The monoisotopic (exact) mass is 373 g/mol. The molecule has 1 aromatic heterocycles. The number of hydrogen-bond acceptors (Lipinski definition) is 5. The molecule has 3 rings (SSSR count). The SMILES string of the molecule is COCCOc1ccc(Cl)cc1C(=O)Nc1cccc2c(=O)[nH]cnc12. The number of carbonyl (C=O) groups excluding carboxylic acids is 1. The smallest absolute Gasteiger partial charge is 0.259 e. The minimum Gasteiger partial charge on any atom is -0.490 e. The van der Waals surface area contributed by atoms with Crippen molar-refractivity contribution in [2.75, 3.05) is 25.6 Å². The number of amides is 1. The Morgan fingerprint density at radius 3 is 2.92 bits per heavy atom. The number of nitrogens with zero attached hydrogens (tertiary/aromatic N) is 1. The number of para-hydroxylation sites is 1. The highest BCUT2D eigenvalue weighted by molar-refractivity contribution is 6.31. The van der Waals surface area contributed by atoms with Gasteiger partial charge in [0.05, 0.1) is 29.6 Å². The van der Waals surface area contributed by atoms with Crippen molar-refractivity contribution >= 4 is 34.1 Å². The van der Waals surface area contributed by atoms with Crippen molar-refractivity contribution < 1.29 is 14.3 Å². The van der Waals surface area contributed by atoms with E-state index in [-0.39, 0.29) is 11.1 Å². The minimum absolute atomic E-state index is 0.274. The lowest BCUT2D eigenvalue weighted by molar-refractivity contribution is 0.101. The lowest BCUT2D eigenvalue weighted by atomic mass is 10.1. The second-order valence-electron chi connectivity index (χ2n) is 5.37. The molecule has 0 saturated heterocycles. The molecule has 0 radical (unpaired) electrons. The molecule has 0 spiro atoms. The van der Waals surface area contributed by atoms with E-state index in [2.05, 4.69) is 15.3 Å². The van der Waals surface area contributed by atoms with Gasteiger partial charge in [-0.2, -0.15) is 0 Å². The first kappa shape index (κ1) is 17.9. The van der Waals surface area contributed by atoms with Crippen LogP contribution >= 0.6 is 11.6 Å². The summed E-state index contributed by atoms with van der Waals surface area (Å²) in [7, 11) is 1.56. The second-order valence-corrected chi connectivity index (χ2v) is 5.81. The predicted octanol–water partition coefficient (Wildman–Crippen LogP) is 2.85. The molecule has 1 heterocycles. The first-order chi connectivity index (χ1) is 12.6. The first-order valence-electron chi connectivity index (χ1n) is 7.79. The van der Waals surface area contributed by atoms with E-state index < -0.39 is 5.91 Å². The third-order valence-electron chi connectivity index (χ3n) is 3.65. The molecule has 0 saturated carbocycles. The van der Waals surface area contributed by atoms with Crippen LogP contribution in [-0.4, -0.2) is 36.2 Å². The van der Waals surface area contributed by atoms with Crippen LogP contribution in [0.4, 0.5) is 5.69 Å². The van der Waals surface area contributed by atoms with Crippen LogP contribution in [0, 0.1) is 0 Å². The Labute approximate surface area is 153 Å². The maximum absolute atomic E-state index is 12.8. The molecule has 8 heteroatoms. The highest BCUT2D eigenvalue weighted by atomic mass is 35.5. The Morgan fingerprint density at radius 2 is 2.12 bits per heavy atom. The molecular formula is C18H16ClN3O4. The molecule has 134 valence electrons. The number of methoxy groups -OCH3 is 1. The van der Waals surface area contributed by atoms with Crippen LogP contribution in [0.15, 0.2) is 47.5 Å². The number of fused-ring (bicyclic) bond motifs is 1. The zero-order valence-corrected chi connectivity index (χ0v) is 14.7. The highest BCUT2D eigenvalue weighted by Gasteiger charge is 2.16. The van der Waals surface area contributed by atoms with Gasteiger partial charge in [0.2, 0.25) is 0 Å². The van der Waals surface area contributed by atoms with E-state index in [0.717, 1.165) is 0 Å². The molecule has 7 nitrogen and oxygen atoms in total. The van der Waals surface area contributed by atoms with Crippen LogP contribution in [0.5, 0.6) is 5.75 Å². The number of aromatic amines is 1. The van der Waals surface area contributed by atoms with Crippen molar-refractivity contribution in [2.24, 2.45) is 0 Å². The molecule has 2 N–H and O–H groups in total. The Bertz CT molecular complexity index is 1000. The summed E-state index contributed by atoms with van der Waals surface area (Å²) in [4.78, 5) is 31.3. The number of halogens is 1. The van der Waals surface area contributed by atoms with E-state index >= 15 is 0 Å². The van der Waals surface area contributed by atoms with E-state index in [1.54, 1.807) is 37.4 Å². The van der Waals surface area contributed by atoms with Crippen molar-refractivity contribution in [2.45, 2.75) is 0 Å². The van der Waals surface area contributed by atoms with Gasteiger partial charge in [-0.1, -0.05) is 17.7 Å². The van der Waals surface area contributed by atoms with E-state index in [1.165, 1.54) is 12.4 Å². The number of ether oxygens (including phenoxy) is 2. The molecule has 1 amide bonds. The third-order valence-corrected chi connectivity index (χ3v) is 3.88. The van der Waals surface area contributed by atoms with Gasteiger partial charge in [-0.3, -0.25) is 9.59 Å². The largest absolute Gasteiger partial charge is 0.490 e. The van der Waals surface area contributed by atoms with Crippen molar-refractivity contribution in [3.8, 4) is 5.75 Å². The van der Waals surface area contributed by atoms with Crippen molar-refractivity contribution in [1.82, 2.24) is 9.97 Å². The Hall–Kier alpha value is -2.90. The summed E-state index contributed by atoms with van der Waals surface area (Å²) in [6, 6.07) is 9.75. The lowest BCUT2D eigenvalue weighted by Gasteiger charge is -2.12. The van der Waals surface area contributed by atoms with Crippen LogP contribution in [-0.2, 0) is 4.74 Å². The predicted molar refractivity (Wildman–Crippen MR) is 99.1 cm³/mol. The van der Waals surface area contributed by atoms with Gasteiger partial charge >= 0.3 is 0 Å². The van der Waals surface area contributed by atoms with Gasteiger partial charge in [0.25, 0.3) is 11.5 Å². The van der Waals surface area contributed by atoms with Gasteiger partial charge in [0, 0.05) is 12.1 Å². The number of hydrogen-bond donors (Lipinski definition) is 2. The third kappa shape index (κ3) is 3.84. The van der Waals surface area contributed by atoms with Crippen LogP contribution in [0.25, 0.3) is 10.9 Å². The summed E-state index contributed by atoms with van der Waals surface area (Å²) in [6.45, 7) is 0.684. The maximum atomic E-state index is 12.8. The number of H-pyrrole nitrogens is 1. The maximum Gasteiger partial charge on any atom is 0.259 e. The molecule has 0 aliphatic heterocycles. The van der Waals surface area contributed by atoms with Crippen molar-refractivity contribution in [1.29, 1.82) is 0 Å². The molecule has 0 aliphatic rings. The van der Waals surface area contributed by atoms with E-state index in [0.29, 0.717) is 40.6 Å². The number of rotatable bonds is 6. The van der Waals surface area contributed by atoms with Crippen LogP contribution < -0.4 is 15.6 Å². The average Bonchev–Trinajstić information content (AvgIpc) is 2.64. The standard InChI is InChI=1S/C18H16ClN3O4/c1-25-7-8-26-15-6-5-11(19)9-13(15)18(24)22-14-4-2-3-12-16(14)20-10-21-17(12)23/h2-6,9-10H,7-8H2,1H3,(H,22,24)(H,20,21,23). The fraction of sp³-hybridized carbons (Fsp3) is 0.167. The lowest BCUT2D eigenvalue weighted by Crippen LogP contribution is -2.16. The fourth-order valence-corrected chi connectivity index (χ4v) is 2.60. The van der Waals surface area contributed by atoms with Crippen LogP contribution in [0.2, 0.25) is 5.02 Å². The van der Waals surface area contributed by atoms with Crippen molar-refractivity contribution in [3.05, 3.63) is 63.7 Å². The molecule has 0 unspecified atom stereocenters. The Balaban J connectivity index is 1.92. The van der Waals surface area contributed by atoms with E-state index in [4.69, 9.17) is 21.1 Å². The number of carbonyl (C=O) groups is 1. The van der Waals surface area contributed by atoms with Gasteiger partial charge in [0.15, 0.2) is 0 Å². The molecular weight excluding hydrogens is 358 g/mol. The number of anilines is 1. The van der Waals surface area contributed by atoms with Crippen LogP contribution in [0.1, 0.15) is 10.4 Å². The van der Waals surface area contributed by atoms with Gasteiger partial charge in [-0.15, -0.1) is 0 Å². The number of nitrogens with one attached hydrogen (secondary N) is 2. The summed E-state index contributed by atoms with van der Waals surface area (Å²) in [5.74, 6) is -0.0375. The molecule has 0 fully saturated rings. The molecule has 2 aromatic carbocycles. The van der Waals surface area contributed by atoms with E-state index in [1.807, 2.05) is 0 Å². The topological polar surface area (TPSA) is 93.3 Å². The zero-order valence-electron chi connectivity index (χ0n) is 13.9. The fourth-order valence-electron chi connectivity index (χ4n) is 2.43. The Kier molecular flexibility index (Phi) is 5.50. The van der Waals surface area contributed by atoms with Crippen LogP contribution in [0.3, 0.4) is 0 Å².